The quantitative estimate of drug-likeness (QED) is 0.643. The number of fused-ring (bicyclic) bond motifs is 3. The molecule has 152 valence electrons. The Labute approximate surface area is 173 Å². The number of ketones is 1. The second-order valence-electron chi connectivity index (χ2n) is 8.41. The molecule has 2 N–H and O–H groups in total. The average Bonchev–Trinajstić information content (AvgIpc) is 3.16. The Balaban J connectivity index is 1.37. The minimum absolute atomic E-state index is 0.138. The lowest BCUT2D eigenvalue weighted by Crippen LogP contribution is -2.51. The lowest BCUT2D eigenvalue weighted by atomic mass is 9.77. The molecule has 30 heavy (non-hydrogen) atoms. The van der Waals surface area contributed by atoms with Gasteiger partial charge in [-0.05, 0) is 54.9 Å². The van der Waals surface area contributed by atoms with Gasteiger partial charge in [0.2, 0.25) is 0 Å². The van der Waals surface area contributed by atoms with Gasteiger partial charge in [0.05, 0.1) is 0 Å². The Bertz CT molecular complexity index is 1120. The van der Waals surface area contributed by atoms with Gasteiger partial charge in [0.15, 0.2) is 5.78 Å². The predicted octanol–water partition coefficient (Wildman–Crippen LogP) is 3.04. The molecule has 2 aromatic rings. The fraction of sp³-hybridized carbons (Fsp3) is 0.304. The molecule has 0 radical (unpaired) electrons. The summed E-state index contributed by atoms with van der Waals surface area (Å²) in [7, 11) is 0. The molecule has 1 saturated carbocycles. The van der Waals surface area contributed by atoms with Crippen molar-refractivity contribution >= 4 is 23.6 Å². The van der Waals surface area contributed by atoms with Crippen LogP contribution in [0.15, 0.2) is 42.5 Å². The molecule has 2 fully saturated rings. The molecule has 1 spiro atoms. The summed E-state index contributed by atoms with van der Waals surface area (Å²) in [6.07, 6.45) is 2.83. The molecule has 3 aliphatic rings. The van der Waals surface area contributed by atoms with Crippen LogP contribution in [0.25, 0.3) is 11.1 Å². The van der Waals surface area contributed by atoms with E-state index < -0.39 is 23.4 Å². The Morgan fingerprint density at radius 3 is 2.40 bits per heavy atom. The largest absolute Gasteiger partial charge is 0.344 e. The summed E-state index contributed by atoms with van der Waals surface area (Å²) in [4.78, 5) is 50.8. The normalized spacial score (nSPS) is 24.6. The summed E-state index contributed by atoms with van der Waals surface area (Å²) in [5.74, 6) is -0.652. The van der Waals surface area contributed by atoms with E-state index in [1.165, 1.54) is 6.07 Å². The first kappa shape index (κ1) is 18.5. The van der Waals surface area contributed by atoms with E-state index in [0.29, 0.717) is 29.9 Å². The number of imide groups is 1. The van der Waals surface area contributed by atoms with Gasteiger partial charge in [0.1, 0.15) is 5.54 Å². The third-order valence-corrected chi connectivity index (χ3v) is 6.49. The maximum absolute atomic E-state index is 12.9. The molecule has 1 saturated heterocycles. The summed E-state index contributed by atoms with van der Waals surface area (Å²) >= 11 is 0. The van der Waals surface area contributed by atoms with E-state index in [1.807, 2.05) is 12.1 Å². The number of nitrogens with zero attached hydrogens (tertiary/aromatic N) is 1. The summed E-state index contributed by atoms with van der Waals surface area (Å²) in [6.45, 7) is 2.13. The summed E-state index contributed by atoms with van der Waals surface area (Å²) in [5.41, 5.74) is 4.38. The number of hydrogen-bond donors (Lipinski definition) is 2. The summed E-state index contributed by atoms with van der Waals surface area (Å²) in [6, 6.07) is 11.5. The van der Waals surface area contributed by atoms with Gasteiger partial charge in [-0.25, -0.2) is 4.79 Å². The van der Waals surface area contributed by atoms with Crippen LogP contribution in [0.5, 0.6) is 0 Å². The first-order chi connectivity index (χ1) is 14.4. The zero-order valence-electron chi connectivity index (χ0n) is 16.5. The summed E-state index contributed by atoms with van der Waals surface area (Å²) in [5, 5.41) is 3.56. The third kappa shape index (κ3) is 2.65. The predicted molar refractivity (Wildman–Crippen MR) is 109 cm³/mol. The van der Waals surface area contributed by atoms with Crippen molar-refractivity contribution in [2.24, 2.45) is 5.92 Å². The highest BCUT2D eigenvalue weighted by molar-refractivity contribution is 6.22. The van der Waals surface area contributed by atoms with E-state index in [-0.39, 0.29) is 11.3 Å². The van der Waals surface area contributed by atoms with Crippen LogP contribution in [-0.2, 0) is 4.79 Å². The van der Waals surface area contributed by atoms with E-state index in [2.05, 4.69) is 17.7 Å². The molecule has 4 amide bonds. The molecule has 7 heteroatoms. The van der Waals surface area contributed by atoms with Crippen molar-refractivity contribution in [3.63, 3.8) is 0 Å². The number of amides is 4. The van der Waals surface area contributed by atoms with E-state index in [0.717, 1.165) is 29.0 Å². The van der Waals surface area contributed by atoms with Crippen LogP contribution in [0.2, 0.25) is 0 Å². The fourth-order valence-electron chi connectivity index (χ4n) is 4.65. The van der Waals surface area contributed by atoms with E-state index in [1.54, 1.807) is 24.3 Å². The number of carbonyl (C=O) groups is 4. The minimum atomic E-state index is -0.924. The smallest absolute Gasteiger partial charge is 0.322 e. The van der Waals surface area contributed by atoms with E-state index in [9.17, 15) is 19.2 Å². The summed E-state index contributed by atoms with van der Waals surface area (Å²) < 4.78 is 0. The lowest BCUT2D eigenvalue weighted by molar-refractivity contribution is -0.134. The molecule has 0 atom stereocenters. The van der Waals surface area contributed by atoms with Crippen molar-refractivity contribution < 1.29 is 19.2 Å². The standard InChI is InChI=1S/C23H21N3O4/c1-13-8-10-23(11-9-13)21(29)26(22(30)24-23)25-20(28)14-6-7-16-15-4-2-3-5-17(15)19(27)18(16)12-14/h2-7,12-13H,8-11H2,1H3,(H,24,30)(H,25,28). The van der Waals surface area contributed by atoms with Crippen LogP contribution in [0.3, 0.4) is 0 Å². The maximum Gasteiger partial charge on any atom is 0.344 e. The van der Waals surface area contributed by atoms with Crippen LogP contribution in [0.4, 0.5) is 4.79 Å². The molecule has 2 aliphatic carbocycles. The molecule has 2 aromatic carbocycles. The first-order valence-corrected chi connectivity index (χ1v) is 10.2. The Hall–Kier alpha value is -3.48. The van der Waals surface area contributed by atoms with E-state index >= 15 is 0 Å². The zero-order chi connectivity index (χ0) is 21.0. The fourth-order valence-corrected chi connectivity index (χ4v) is 4.65. The van der Waals surface area contributed by atoms with Gasteiger partial charge in [-0.3, -0.25) is 19.8 Å². The van der Waals surface area contributed by atoms with Gasteiger partial charge in [-0.1, -0.05) is 37.3 Å². The van der Waals surface area contributed by atoms with Crippen LogP contribution >= 0.6 is 0 Å². The highest BCUT2D eigenvalue weighted by Crippen LogP contribution is 2.37. The van der Waals surface area contributed by atoms with Gasteiger partial charge in [-0.2, -0.15) is 5.01 Å². The first-order valence-electron chi connectivity index (χ1n) is 10.2. The highest BCUT2D eigenvalue weighted by Gasteiger charge is 2.53. The molecule has 1 heterocycles. The van der Waals surface area contributed by atoms with Gasteiger partial charge < -0.3 is 5.32 Å². The molecule has 7 nitrogen and oxygen atoms in total. The van der Waals surface area contributed by atoms with Crippen molar-refractivity contribution in [2.45, 2.75) is 38.1 Å². The van der Waals surface area contributed by atoms with Crippen molar-refractivity contribution in [3.05, 3.63) is 59.2 Å². The number of rotatable bonds is 2. The van der Waals surface area contributed by atoms with Crippen molar-refractivity contribution in [1.29, 1.82) is 0 Å². The number of nitrogens with one attached hydrogen (secondary N) is 2. The van der Waals surface area contributed by atoms with Crippen LogP contribution in [0.1, 0.15) is 58.9 Å². The monoisotopic (exact) mass is 403 g/mol. The van der Waals surface area contributed by atoms with Crippen molar-refractivity contribution in [3.8, 4) is 11.1 Å². The number of carbonyl (C=O) groups excluding carboxylic acids is 4. The minimum Gasteiger partial charge on any atom is -0.322 e. The number of hydrazine groups is 1. The maximum atomic E-state index is 12.9. The molecular formula is C23H21N3O4. The molecule has 5 rings (SSSR count). The highest BCUT2D eigenvalue weighted by atomic mass is 16.2. The molecule has 1 aliphatic heterocycles. The second-order valence-corrected chi connectivity index (χ2v) is 8.41. The Morgan fingerprint density at radius 2 is 1.67 bits per heavy atom. The zero-order valence-corrected chi connectivity index (χ0v) is 16.5. The van der Waals surface area contributed by atoms with Crippen LogP contribution < -0.4 is 10.7 Å². The van der Waals surface area contributed by atoms with Crippen molar-refractivity contribution in [1.82, 2.24) is 15.8 Å². The molecular weight excluding hydrogens is 382 g/mol. The number of benzene rings is 2. The Kier molecular flexibility index (Phi) is 4.03. The lowest BCUT2D eigenvalue weighted by Gasteiger charge is -2.33. The average molecular weight is 403 g/mol. The topological polar surface area (TPSA) is 95.6 Å². The van der Waals surface area contributed by atoms with Crippen molar-refractivity contribution in [2.75, 3.05) is 0 Å². The third-order valence-electron chi connectivity index (χ3n) is 6.49. The SMILES string of the molecule is CC1CCC2(CC1)NC(=O)N(NC(=O)c1ccc3c(c1)C(=O)c1ccccc1-3)C2=O. The number of urea groups is 1. The van der Waals surface area contributed by atoms with Gasteiger partial charge in [0, 0.05) is 16.7 Å². The van der Waals surface area contributed by atoms with Gasteiger partial charge in [-0.15, -0.1) is 0 Å². The second kappa shape index (κ2) is 6.52. The van der Waals surface area contributed by atoms with Crippen LogP contribution in [-0.4, -0.2) is 34.2 Å². The van der Waals surface area contributed by atoms with Gasteiger partial charge >= 0.3 is 6.03 Å². The van der Waals surface area contributed by atoms with E-state index in [4.69, 9.17) is 0 Å². The Morgan fingerprint density at radius 1 is 1.00 bits per heavy atom. The molecule has 0 unspecified atom stereocenters. The van der Waals surface area contributed by atoms with Gasteiger partial charge in [0.25, 0.3) is 11.8 Å². The number of hydrogen-bond acceptors (Lipinski definition) is 4. The van der Waals surface area contributed by atoms with Crippen LogP contribution in [0, 0.1) is 5.92 Å². The molecule has 0 aromatic heterocycles. The molecule has 0 bridgehead atoms.